The summed E-state index contributed by atoms with van der Waals surface area (Å²) in [6.07, 6.45) is 0.866. The first-order valence-electron chi connectivity index (χ1n) is 9.56. The molecule has 0 saturated carbocycles. The molecule has 0 spiro atoms. The Kier molecular flexibility index (Phi) is 5.55. The fourth-order valence-electron chi connectivity index (χ4n) is 3.81. The molecule has 1 fully saturated rings. The molecule has 4 rings (SSSR count). The first-order chi connectivity index (χ1) is 13.6. The molecule has 2 aliphatic heterocycles. The number of methoxy groups -OCH3 is 1. The number of ether oxygens (including phenoxy) is 2. The number of fused-ring (bicyclic) bond motifs is 1. The van der Waals surface area contributed by atoms with E-state index in [0.29, 0.717) is 19.8 Å². The smallest absolute Gasteiger partial charge is 0.245 e. The maximum absolute atomic E-state index is 12.7. The quantitative estimate of drug-likeness (QED) is 0.705. The van der Waals surface area contributed by atoms with Gasteiger partial charge in [0.1, 0.15) is 29.7 Å². The second kappa shape index (κ2) is 8.09. The molecule has 1 amide bonds. The van der Waals surface area contributed by atoms with Gasteiger partial charge in [-0.1, -0.05) is 0 Å². The van der Waals surface area contributed by atoms with Crippen molar-refractivity contribution in [2.45, 2.75) is 26.3 Å². The number of furan rings is 1. The number of hydrogen-bond donors (Lipinski definition) is 0. The number of benzene rings is 1. The number of carbonyl (C=O) groups excluding carboxylic acids is 1. The largest absolute Gasteiger partial charge is 0.488 e. The van der Waals surface area contributed by atoms with Crippen LogP contribution in [0.2, 0.25) is 0 Å². The van der Waals surface area contributed by atoms with Gasteiger partial charge in [-0.15, -0.1) is 11.8 Å². The van der Waals surface area contributed by atoms with E-state index in [1.165, 1.54) is 4.91 Å². The Hall–Kier alpha value is -2.12. The van der Waals surface area contributed by atoms with Crippen LogP contribution in [-0.4, -0.2) is 61.0 Å². The molecule has 1 unspecified atom stereocenters. The maximum Gasteiger partial charge on any atom is 0.245 e. The van der Waals surface area contributed by atoms with Crippen molar-refractivity contribution in [2.75, 3.05) is 39.3 Å². The zero-order valence-corrected chi connectivity index (χ0v) is 17.4. The fraction of sp³-hybridized carbons (Fsp3) is 0.476. The van der Waals surface area contributed by atoms with Crippen molar-refractivity contribution in [3.05, 3.63) is 40.6 Å². The number of nitrogens with zero attached hydrogens (tertiary/aromatic N) is 2. The molecular weight excluding hydrogens is 376 g/mol. The van der Waals surface area contributed by atoms with Crippen molar-refractivity contribution in [3.8, 4) is 5.75 Å². The molecular formula is C21H26N2O4S. The zero-order chi connectivity index (χ0) is 19.7. The molecule has 1 atom stereocenters. The van der Waals surface area contributed by atoms with Crippen molar-refractivity contribution in [1.82, 2.24) is 9.80 Å². The molecule has 0 bridgehead atoms. The van der Waals surface area contributed by atoms with Crippen molar-refractivity contribution in [3.63, 3.8) is 0 Å². The molecule has 1 aromatic heterocycles. The van der Waals surface area contributed by atoms with Crippen molar-refractivity contribution >= 4 is 28.6 Å². The Bertz CT molecular complexity index is 907. The van der Waals surface area contributed by atoms with Gasteiger partial charge >= 0.3 is 0 Å². The van der Waals surface area contributed by atoms with Gasteiger partial charge in [0.05, 0.1) is 12.5 Å². The van der Waals surface area contributed by atoms with Gasteiger partial charge < -0.3 is 23.7 Å². The average molecular weight is 403 g/mol. The third kappa shape index (κ3) is 3.73. The fourth-order valence-corrected chi connectivity index (χ4v) is 4.94. The summed E-state index contributed by atoms with van der Waals surface area (Å²) in [5.41, 5.74) is 2.02. The summed E-state index contributed by atoms with van der Waals surface area (Å²) in [5.74, 6) is 2.74. The van der Waals surface area contributed by atoms with Crippen LogP contribution in [0.3, 0.4) is 0 Å². The number of rotatable bonds is 7. The lowest BCUT2D eigenvalue weighted by Gasteiger charge is -2.26. The van der Waals surface area contributed by atoms with E-state index in [4.69, 9.17) is 13.9 Å². The molecule has 6 nitrogen and oxygen atoms in total. The molecule has 0 N–H and O–H groups in total. The van der Waals surface area contributed by atoms with E-state index in [9.17, 15) is 4.79 Å². The summed E-state index contributed by atoms with van der Waals surface area (Å²) in [6.45, 7) is 6.61. The number of hydrogen-bond acceptors (Lipinski definition) is 6. The van der Waals surface area contributed by atoms with Gasteiger partial charge in [-0.05, 0) is 44.5 Å². The molecule has 2 aromatic rings. The third-order valence-corrected chi connectivity index (χ3v) is 6.57. The zero-order valence-electron chi connectivity index (χ0n) is 16.6. The van der Waals surface area contributed by atoms with E-state index in [-0.39, 0.29) is 11.9 Å². The average Bonchev–Trinajstić information content (AvgIpc) is 3.34. The first kappa shape index (κ1) is 19.2. The highest BCUT2D eigenvalue weighted by Crippen LogP contribution is 2.36. The predicted octanol–water partition coefficient (Wildman–Crippen LogP) is 3.61. The molecule has 0 radical (unpaired) electrons. The molecule has 28 heavy (non-hydrogen) atoms. The Labute approximate surface area is 169 Å². The predicted molar refractivity (Wildman–Crippen MR) is 110 cm³/mol. The Morgan fingerprint density at radius 2 is 2.14 bits per heavy atom. The second-order valence-electron chi connectivity index (χ2n) is 7.22. The lowest BCUT2D eigenvalue weighted by atomic mass is 10.2. The van der Waals surface area contributed by atoms with Gasteiger partial charge in [-0.3, -0.25) is 4.79 Å². The molecule has 0 aliphatic carbocycles. The van der Waals surface area contributed by atoms with Crippen LogP contribution >= 0.6 is 11.8 Å². The molecule has 2 aliphatic rings. The summed E-state index contributed by atoms with van der Waals surface area (Å²) in [7, 11) is 1.67. The lowest BCUT2D eigenvalue weighted by molar-refractivity contribution is -0.131. The van der Waals surface area contributed by atoms with Gasteiger partial charge in [-0.2, -0.15) is 0 Å². The van der Waals surface area contributed by atoms with E-state index in [2.05, 4.69) is 11.8 Å². The van der Waals surface area contributed by atoms with Crippen LogP contribution in [-0.2, 0) is 9.53 Å². The summed E-state index contributed by atoms with van der Waals surface area (Å²) >= 11 is 1.76. The van der Waals surface area contributed by atoms with E-state index < -0.39 is 0 Å². The number of amides is 1. The van der Waals surface area contributed by atoms with Crippen molar-refractivity contribution in [1.29, 1.82) is 0 Å². The normalized spacial score (nSPS) is 20.1. The highest BCUT2D eigenvalue weighted by Gasteiger charge is 2.38. The van der Waals surface area contributed by atoms with Crippen LogP contribution in [0.25, 0.3) is 11.0 Å². The summed E-state index contributed by atoms with van der Waals surface area (Å²) in [5, 5.41) is 1.05. The molecule has 1 saturated heterocycles. The van der Waals surface area contributed by atoms with Gasteiger partial charge in [0.15, 0.2) is 0 Å². The van der Waals surface area contributed by atoms with E-state index in [1.807, 2.05) is 36.1 Å². The number of allylic oxidation sites excluding steroid dienone is 1. The minimum Gasteiger partial charge on any atom is -0.488 e. The van der Waals surface area contributed by atoms with Crippen molar-refractivity contribution < 1.29 is 18.7 Å². The standard InChI is InChI=1S/C21H26N2O4S/c1-14-10-16-11-17(4-5-19(16)27-14)26-12-20-15(2)23(13-28-20)18-6-7-22(21(18)24)8-9-25-3/h4-5,10-11,18H,6-9,12-13H2,1-3H3. The van der Waals surface area contributed by atoms with Crippen LogP contribution < -0.4 is 4.74 Å². The highest BCUT2D eigenvalue weighted by atomic mass is 32.2. The number of thioether (sulfide) groups is 1. The van der Waals surface area contributed by atoms with E-state index in [1.54, 1.807) is 18.9 Å². The first-order valence-corrected chi connectivity index (χ1v) is 10.6. The van der Waals surface area contributed by atoms with Crippen LogP contribution in [0, 0.1) is 6.92 Å². The summed E-state index contributed by atoms with van der Waals surface area (Å²) in [6, 6.07) is 7.84. The Morgan fingerprint density at radius 1 is 1.29 bits per heavy atom. The minimum atomic E-state index is -0.0629. The summed E-state index contributed by atoms with van der Waals surface area (Å²) in [4.78, 5) is 18.0. The van der Waals surface area contributed by atoms with Crippen molar-refractivity contribution in [2.24, 2.45) is 0 Å². The Morgan fingerprint density at radius 3 is 2.96 bits per heavy atom. The Balaban J connectivity index is 1.40. The van der Waals surface area contributed by atoms with Crippen LogP contribution in [0.1, 0.15) is 19.1 Å². The lowest BCUT2D eigenvalue weighted by Crippen LogP contribution is -2.40. The van der Waals surface area contributed by atoms with Gasteiger partial charge in [0, 0.05) is 36.2 Å². The number of likely N-dealkylation sites (tertiary alicyclic amines) is 1. The SMILES string of the molecule is COCCN1CCC(N2CSC(COc3ccc4oc(C)cc4c3)=C2C)C1=O. The minimum absolute atomic E-state index is 0.0629. The van der Waals surface area contributed by atoms with Crippen LogP contribution in [0.15, 0.2) is 39.3 Å². The van der Waals surface area contributed by atoms with Crippen LogP contribution in [0.5, 0.6) is 5.75 Å². The number of aryl methyl sites for hydroxylation is 1. The van der Waals surface area contributed by atoms with Crippen LogP contribution in [0.4, 0.5) is 0 Å². The molecule has 7 heteroatoms. The number of carbonyl (C=O) groups is 1. The molecule has 1 aromatic carbocycles. The monoisotopic (exact) mass is 402 g/mol. The van der Waals surface area contributed by atoms with Gasteiger partial charge in [-0.25, -0.2) is 0 Å². The van der Waals surface area contributed by atoms with E-state index in [0.717, 1.165) is 47.0 Å². The van der Waals surface area contributed by atoms with E-state index >= 15 is 0 Å². The van der Waals surface area contributed by atoms with Gasteiger partial charge in [0.25, 0.3) is 0 Å². The topological polar surface area (TPSA) is 55.1 Å². The third-order valence-electron chi connectivity index (χ3n) is 5.40. The second-order valence-corrected chi connectivity index (χ2v) is 8.26. The molecule has 150 valence electrons. The highest BCUT2D eigenvalue weighted by molar-refractivity contribution is 8.03. The van der Waals surface area contributed by atoms with Gasteiger partial charge in [0.2, 0.25) is 5.91 Å². The maximum atomic E-state index is 12.7. The molecule has 3 heterocycles. The summed E-state index contributed by atoms with van der Waals surface area (Å²) < 4.78 is 16.8.